The number of aromatic nitrogens is 1. The van der Waals surface area contributed by atoms with Crippen LogP contribution in [-0.2, 0) is 14.9 Å². The standard InChI is InChI=1S/C16H17N3O2/c1-4-21-15(20)16(2,14(9-17)18-3)13-8-7-12(10-19-13)11-5-6-11/h7-8,10-11,14H,4-6H2,1-2H3. The molecule has 0 spiro atoms. The fourth-order valence-corrected chi connectivity index (χ4v) is 2.30. The van der Waals surface area contributed by atoms with Gasteiger partial charge in [-0.2, -0.15) is 5.26 Å². The Morgan fingerprint density at radius 2 is 2.38 bits per heavy atom. The Balaban J connectivity index is 2.41. The van der Waals surface area contributed by atoms with Crippen molar-refractivity contribution in [1.29, 1.82) is 5.26 Å². The Kier molecular flexibility index (Phi) is 4.23. The van der Waals surface area contributed by atoms with E-state index in [-0.39, 0.29) is 6.61 Å². The van der Waals surface area contributed by atoms with E-state index in [1.807, 2.05) is 12.1 Å². The molecule has 1 aliphatic rings. The molecule has 2 unspecified atom stereocenters. The summed E-state index contributed by atoms with van der Waals surface area (Å²) in [5.74, 6) is -0.0211. The van der Waals surface area contributed by atoms with Crippen molar-refractivity contribution in [3.63, 3.8) is 0 Å². The third-order valence-electron chi connectivity index (χ3n) is 3.86. The van der Waals surface area contributed by atoms with E-state index >= 15 is 0 Å². The van der Waals surface area contributed by atoms with Crippen molar-refractivity contribution in [3.8, 4) is 6.07 Å². The number of hydrogen-bond donors (Lipinski definition) is 0. The third kappa shape index (κ3) is 2.73. The number of rotatable bonds is 5. The van der Waals surface area contributed by atoms with E-state index in [1.54, 1.807) is 26.1 Å². The van der Waals surface area contributed by atoms with Gasteiger partial charge in [-0.15, -0.1) is 0 Å². The largest absolute Gasteiger partial charge is 0.465 e. The maximum absolute atomic E-state index is 12.3. The van der Waals surface area contributed by atoms with Gasteiger partial charge in [-0.1, -0.05) is 6.07 Å². The van der Waals surface area contributed by atoms with Crippen LogP contribution in [0.5, 0.6) is 0 Å². The van der Waals surface area contributed by atoms with Gasteiger partial charge >= 0.3 is 12.0 Å². The maximum atomic E-state index is 12.3. The predicted octanol–water partition coefficient (Wildman–Crippen LogP) is 2.59. The molecule has 0 radical (unpaired) electrons. The van der Waals surface area contributed by atoms with Crippen molar-refractivity contribution in [3.05, 3.63) is 41.0 Å². The van der Waals surface area contributed by atoms with Crippen molar-refractivity contribution in [2.24, 2.45) is 0 Å². The lowest BCUT2D eigenvalue weighted by Gasteiger charge is -2.24. The first kappa shape index (κ1) is 15.0. The van der Waals surface area contributed by atoms with E-state index in [1.165, 1.54) is 12.8 Å². The van der Waals surface area contributed by atoms with E-state index in [0.717, 1.165) is 5.56 Å². The van der Waals surface area contributed by atoms with Crippen molar-refractivity contribution in [2.75, 3.05) is 6.61 Å². The summed E-state index contributed by atoms with van der Waals surface area (Å²) in [4.78, 5) is 19.9. The number of pyridine rings is 1. The molecule has 1 aromatic rings. The number of nitriles is 1. The molecule has 0 saturated heterocycles. The van der Waals surface area contributed by atoms with E-state index in [0.29, 0.717) is 11.6 Å². The van der Waals surface area contributed by atoms with Crippen LogP contribution in [0.1, 0.15) is 43.9 Å². The van der Waals surface area contributed by atoms with E-state index < -0.39 is 17.4 Å². The van der Waals surface area contributed by atoms with Gasteiger partial charge in [0.25, 0.3) is 0 Å². The van der Waals surface area contributed by atoms with Crippen LogP contribution in [0.25, 0.3) is 4.85 Å². The molecule has 1 aromatic heterocycles. The Hall–Kier alpha value is -2.40. The van der Waals surface area contributed by atoms with Gasteiger partial charge in [-0.05, 0) is 44.2 Å². The average Bonchev–Trinajstić information content (AvgIpc) is 3.33. The molecule has 1 fully saturated rings. The minimum absolute atomic E-state index is 0.199. The summed E-state index contributed by atoms with van der Waals surface area (Å²) in [5, 5.41) is 9.19. The van der Waals surface area contributed by atoms with Gasteiger partial charge in [-0.3, -0.25) is 14.6 Å². The SMILES string of the molecule is [C-]#[N+]C(C#N)C(C)(C(=O)OCC)c1ccc(C2CC2)cn1. The van der Waals surface area contributed by atoms with Crippen molar-refractivity contribution in [1.82, 2.24) is 4.98 Å². The molecule has 1 aliphatic carbocycles. The van der Waals surface area contributed by atoms with Gasteiger partial charge in [0.15, 0.2) is 11.5 Å². The minimum atomic E-state index is -1.37. The molecule has 2 atom stereocenters. The van der Waals surface area contributed by atoms with Gasteiger partial charge in [0.1, 0.15) is 0 Å². The summed E-state index contributed by atoms with van der Waals surface area (Å²) in [5.41, 5.74) is 0.184. The fourth-order valence-electron chi connectivity index (χ4n) is 2.30. The second kappa shape index (κ2) is 5.93. The van der Waals surface area contributed by atoms with Crippen molar-refractivity contribution in [2.45, 2.75) is 44.1 Å². The summed E-state index contributed by atoms with van der Waals surface area (Å²) >= 11 is 0. The van der Waals surface area contributed by atoms with Crippen molar-refractivity contribution < 1.29 is 9.53 Å². The molecule has 108 valence electrons. The van der Waals surface area contributed by atoms with E-state index in [2.05, 4.69) is 9.83 Å². The highest BCUT2D eigenvalue weighted by atomic mass is 16.5. The molecule has 5 heteroatoms. The zero-order valence-corrected chi connectivity index (χ0v) is 12.2. The van der Waals surface area contributed by atoms with E-state index in [9.17, 15) is 10.1 Å². The Bertz CT molecular complexity index is 594. The molecule has 0 amide bonds. The molecule has 0 aromatic carbocycles. The minimum Gasteiger partial charge on any atom is -0.465 e. The Morgan fingerprint density at radius 1 is 1.67 bits per heavy atom. The van der Waals surface area contributed by atoms with Gasteiger partial charge < -0.3 is 4.74 Å². The van der Waals surface area contributed by atoms with Crippen LogP contribution in [0, 0.1) is 17.9 Å². The molecular formula is C16H17N3O2. The average molecular weight is 283 g/mol. The normalized spacial score (nSPS) is 17.9. The molecule has 0 bridgehead atoms. The highest BCUT2D eigenvalue weighted by Gasteiger charge is 2.51. The zero-order chi connectivity index (χ0) is 15.5. The number of ether oxygens (including phenoxy) is 1. The number of carbonyl (C=O) groups excluding carboxylic acids is 1. The van der Waals surface area contributed by atoms with Gasteiger partial charge in [0, 0.05) is 6.20 Å². The summed E-state index contributed by atoms with van der Waals surface area (Å²) in [6, 6.07) is 4.39. The molecule has 5 nitrogen and oxygen atoms in total. The number of hydrogen-bond acceptors (Lipinski definition) is 4. The van der Waals surface area contributed by atoms with Crippen LogP contribution in [0.3, 0.4) is 0 Å². The quantitative estimate of drug-likeness (QED) is 0.615. The lowest BCUT2D eigenvalue weighted by Crippen LogP contribution is -2.44. The Morgan fingerprint density at radius 3 is 2.81 bits per heavy atom. The number of nitrogens with zero attached hydrogens (tertiary/aromatic N) is 3. The molecule has 0 N–H and O–H groups in total. The summed E-state index contributed by atoms with van der Waals surface area (Å²) < 4.78 is 5.06. The van der Waals surface area contributed by atoms with Crippen LogP contribution in [0.15, 0.2) is 18.3 Å². The fraction of sp³-hybridized carbons (Fsp3) is 0.500. The first-order valence-electron chi connectivity index (χ1n) is 6.97. The molecular weight excluding hydrogens is 266 g/mol. The molecule has 21 heavy (non-hydrogen) atoms. The summed E-state index contributed by atoms with van der Waals surface area (Å²) in [7, 11) is 0. The van der Waals surface area contributed by atoms with Crippen LogP contribution in [-0.4, -0.2) is 23.6 Å². The first-order chi connectivity index (χ1) is 10.1. The maximum Gasteiger partial charge on any atom is 0.328 e. The number of carbonyl (C=O) groups is 1. The van der Waals surface area contributed by atoms with Crippen LogP contribution in [0.2, 0.25) is 0 Å². The molecule has 1 heterocycles. The summed E-state index contributed by atoms with van der Waals surface area (Å²) in [6.07, 6.45) is 4.07. The lowest BCUT2D eigenvalue weighted by molar-refractivity contribution is -0.149. The molecule has 2 rings (SSSR count). The van der Waals surface area contributed by atoms with Gasteiger partial charge in [0.05, 0.1) is 12.3 Å². The van der Waals surface area contributed by atoms with Crippen LogP contribution in [0.4, 0.5) is 0 Å². The topological polar surface area (TPSA) is 67.3 Å². The predicted molar refractivity (Wildman–Crippen MR) is 76.2 cm³/mol. The highest BCUT2D eigenvalue weighted by molar-refractivity contribution is 5.84. The Labute approximate surface area is 124 Å². The zero-order valence-electron chi connectivity index (χ0n) is 12.2. The van der Waals surface area contributed by atoms with Gasteiger partial charge in [-0.25, -0.2) is 6.57 Å². The first-order valence-corrected chi connectivity index (χ1v) is 6.97. The van der Waals surface area contributed by atoms with Crippen LogP contribution < -0.4 is 0 Å². The highest BCUT2D eigenvalue weighted by Crippen LogP contribution is 2.40. The number of esters is 1. The smallest absolute Gasteiger partial charge is 0.328 e. The molecule has 1 saturated carbocycles. The second-order valence-corrected chi connectivity index (χ2v) is 5.33. The summed E-state index contributed by atoms with van der Waals surface area (Å²) in [6.45, 7) is 10.6. The molecule has 0 aliphatic heterocycles. The van der Waals surface area contributed by atoms with Crippen molar-refractivity contribution >= 4 is 5.97 Å². The third-order valence-corrected chi connectivity index (χ3v) is 3.86. The second-order valence-electron chi connectivity index (χ2n) is 5.33. The van der Waals surface area contributed by atoms with Crippen LogP contribution >= 0.6 is 0 Å². The van der Waals surface area contributed by atoms with Gasteiger partial charge in [0.2, 0.25) is 0 Å². The lowest BCUT2D eigenvalue weighted by atomic mass is 9.79. The van der Waals surface area contributed by atoms with E-state index in [4.69, 9.17) is 11.3 Å². The monoisotopic (exact) mass is 283 g/mol.